The Hall–Kier alpha value is -1.64. The lowest BCUT2D eigenvalue weighted by atomic mass is 10.1. The van der Waals surface area contributed by atoms with Gasteiger partial charge in [-0.1, -0.05) is 0 Å². The summed E-state index contributed by atoms with van der Waals surface area (Å²) in [6.07, 6.45) is 2.39. The van der Waals surface area contributed by atoms with Crippen molar-refractivity contribution in [1.82, 2.24) is 4.98 Å². The second-order valence-corrected chi connectivity index (χ2v) is 2.73. The summed E-state index contributed by atoms with van der Waals surface area (Å²) in [4.78, 5) is 3.83. The van der Waals surface area contributed by atoms with Crippen LogP contribution in [-0.2, 0) is 0 Å². The van der Waals surface area contributed by atoms with E-state index in [9.17, 15) is 4.39 Å². The van der Waals surface area contributed by atoms with Crippen LogP contribution in [0.4, 0.5) is 4.39 Å². The van der Waals surface area contributed by atoms with Gasteiger partial charge >= 0.3 is 0 Å². The molecule has 0 aliphatic heterocycles. The van der Waals surface area contributed by atoms with Crippen molar-refractivity contribution in [2.75, 3.05) is 0 Å². The summed E-state index contributed by atoms with van der Waals surface area (Å²) in [7, 11) is 0. The Kier molecular flexibility index (Phi) is 1.85. The summed E-state index contributed by atoms with van der Waals surface area (Å²) in [6.45, 7) is 1.82. The van der Waals surface area contributed by atoms with Crippen LogP contribution in [0, 0.1) is 19.1 Å². The molecule has 0 spiro atoms. The molecule has 2 nitrogen and oxygen atoms in total. The lowest BCUT2D eigenvalue weighted by Crippen LogP contribution is -1.79. The zero-order valence-corrected chi connectivity index (χ0v) is 7.04. The lowest BCUT2D eigenvalue weighted by molar-refractivity contribution is 0.561. The number of aryl methyl sites for hydroxylation is 1. The van der Waals surface area contributed by atoms with E-state index in [1.165, 1.54) is 12.1 Å². The molecule has 0 aliphatic carbocycles. The van der Waals surface area contributed by atoms with Gasteiger partial charge < -0.3 is 4.42 Å². The van der Waals surface area contributed by atoms with Gasteiger partial charge in [-0.05, 0) is 31.2 Å². The zero-order chi connectivity index (χ0) is 9.26. The molecular formula is C10H7FNO. The van der Waals surface area contributed by atoms with E-state index < -0.39 is 0 Å². The van der Waals surface area contributed by atoms with E-state index in [0.29, 0.717) is 5.76 Å². The van der Waals surface area contributed by atoms with Gasteiger partial charge in [0, 0.05) is 5.56 Å². The molecule has 0 unspecified atom stereocenters. The molecule has 1 heterocycles. The fraction of sp³-hybridized carbons (Fsp3) is 0.100. The van der Waals surface area contributed by atoms with Crippen LogP contribution in [0.5, 0.6) is 0 Å². The van der Waals surface area contributed by atoms with Crippen LogP contribution in [0.2, 0.25) is 0 Å². The van der Waals surface area contributed by atoms with E-state index >= 15 is 0 Å². The molecule has 0 atom stereocenters. The van der Waals surface area contributed by atoms with Gasteiger partial charge in [-0.2, -0.15) is 0 Å². The maximum atomic E-state index is 12.6. The van der Waals surface area contributed by atoms with Gasteiger partial charge in [-0.15, -0.1) is 0 Å². The van der Waals surface area contributed by atoms with Gasteiger partial charge in [-0.25, -0.2) is 9.37 Å². The summed E-state index contributed by atoms with van der Waals surface area (Å²) in [5.74, 6) is 0.380. The molecule has 0 amide bonds. The maximum absolute atomic E-state index is 12.6. The van der Waals surface area contributed by atoms with Crippen molar-refractivity contribution >= 4 is 0 Å². The van der Waals surface area contributed by atoms with Gasteiger partial charge in [0.05, 0.1) is 5.69 Å². The molecule has 0 fully saturated rings. The first kappa shape index (κ1) is 7.98. The molecule has 13 heavy (non-hydrogen) atoms. The van der Waals surface area contributed by atoms with Crippen molar-refractivity contribution in [2.45, 2.75) is 6.92 Å². The Morgan fingerprint density at radius 3 is 2.54 bits per heavy atom. The molecular weight excluding hydrogens is 169 g/mol. The predicted molar refractivity (Wildman–Crippen MR) is 45.5 cm³/mol. The highest BCUT2D eigenvalue weighted by Crippen LogP contribution is 2.21. The zero-order valence-electron chi connectivity index (χ0n) is 7.04. The van der Waals surface area contributed by atoms with E-state index in [0.717, 1.165) is 11.3 Å². The Bertz CT molecular complexity index is 405. The van der Waals surface area contributed by atoms with E-state index in [2.05, 4.69) is 11.4 Å². The van der Waals surface area contributed by atoms with E-state index in [1.54, 1.807) is 12.1 Å². The molecule has 0 bridgehead atoms. The molecule has 1 aromatic carbocycles. The van der Waals surface area contributed by atoms with Crippen LogP contribution >= 0.6 is 0 Å². The van der Waals surface area contributed by atoms with E-state index in [-0.39, 0.29) is 5.82 Å². The summed E-state index contributed by atoms with van der Waals surface area (Å²) in [6, 6.07) is 6.07. The minimum atomic E-state index is -0.259. The highest BCUT2D eigenvalue weighted by Gasteiger charge is 2.06. The normalized spacial score (nSPS) is 10.3. The number of halogens is 1. The molecule has 2 rings (SSSR count). The topological polar surface area (TPSA) is 26.0 Å². The molecule has 3 heteroatoms. The van der Waals surface area contributed by atoms with Gasteiger partial charge in [0.25, 0.3) is 6.39 Å². The Morgan fingerprint density at radius 2 is 2.00 bits per heavy atom. The van der Waals surface area contributed by atoms with Crippen molar-refractivity contribution in [3.8, 4) is 11.3 Å². The van der Waals surface area contributed by atoms with Crippen LogP contribution in [0.1, 0.15) is 5.69 Å². The largest absolute Gasteiger partial charge is 0.432 e. The summed E-state index contributed by atoms with van der Waals surface area (Å²) in [5.41, 5.74) is 1.57. The standard InChI is InChI=1S/C10H7FNO/c1-7-10(13-6-12-7)8-2-4-9(11)5-3-8/h2-5H,1H3. The van der Waals surface area contributed by atoms with Crippen LogP contribution < -0.4 is 0 Å². The number of hydrogen-bond donors (Lipinski definition) is 0. The van der Waals surface area contributed by atoms with Gasteiger partial charge in [0.1, 0.15) is 5.82 Å². The minimum absolute atomic E-state index is 0.259. The fourth-order valence-electron chi connectivity index (χ4n) is 1.13. The second-order valence-electron chi connectivity index (χ2n) is 2.73. The SMILES string of the molecule is Cc1n[c]oc1-c1ccc(F)cc1. The van der Waals surface area contributed by atoms with Gasteiger partial charge in [0.2, 0.25) is 0 Å². The van der Waals surface area contributed by atoms with Crippen LogP contribution in [0.3, 0.4) is 0 Å². The van der Waals surface area contributed by atoms with E-state index in [4.69, 9.17) is 4.42 Å². The van der Waals surface area contributed by atoms with Crippen molar-refractivity contribution in [3.05, 3.63) is 42.2 Å². The first-order valence-electron chi connectivity index (χ1n) is 3.87. The van der Waals surface area contributed by atoms with Crippen LogP contribution in [0.25, 0.3) is 11.3 Å². The van der Waals surface area contributed by atoms with Crippen molar-refractivity contribution in [1.29, 1.82) is 0 Å². The summed E-state index contributed by atoms with van der Waals surface area (Å²) < 4.78 is 17.6. The maximum Gasteiger partial charge on any atom is 0.284 e. The van der Waals surface area contributed by atoms with Gasteiger partial charge in [0.15, 0.2) is 5.76 Å². The van der Waals surface area contributed by atoms with Crippen molar-refractivity contribution in [3.63, 3.8) is 0 Å². The number of aromatic nitrogens is 1. The molecule has 0 saturated carbocycles. The van der Waals surface area contributed by atoms with Crippen molar-refractivity contribution < 1.29 is 8.81 Å². The molecule has 1 radical (unpaired) electrons. The smallest absolute Gasteiger partial charge is 0.284 e. The molecule has 0 saturated heterocycles. The third-order valence-electron chi connectivity index (χ3n) is 1.80. The fourth-order valence-corrected chi connectivity index (χ4v) is 1.13. The molecule has 0 N–H and O–H groups in total. The molecule has 1 aromatic heterocycles. The average Bonchev–Trinajstić information content (AvgIpc) is 2.53. The molecule has 65 valence electrons. The molecule has 0 aliphatic rings. The van der Waals surface area contributed by atoms with Crippen molar-refractivity contribution in [2.24, 2.45) is 0 Å². The Balaban J connectivity index is 2.47. The highest BCUT2D eigenvalue weighted by atomic mass is 19.1. The lowest BCUT2D eigenvalue weighted by Gasteiger charge is -1.96. The Morgan fingerprint density at radius 1 is 1.31 bits per heavy atom. The number of benzene rings is 1. The van der Waals surface area contributed by atoms with Crippen LogP contribution in [0.15, 0.2) is 28.7 Å². The first-order chi connectivity index (χ1) is 6.27. The summed E-state index contributed by atoms with van der Waals surface area (Å²) in [5, 5.41) is 0. The monoisotopic (exact) mass is 176 g/mol. The Labute approximate surface area is 75.0 Å². The average molecular weight is 176 g/mol. The van der Waals surface area contributed by atoms with Gasteiger partial charge in [-0.3, -0.25) is 0 Å². The minimum Gasteiger partial charge on any atom is -0.432 e. The number of oxazole rings is 1. The molecule has 2 aromatic rings. The quantitative estimate of drug-likeness (QED) is 0.667. The van der Waals surface area contributed by atoms with Crippen LogP contribution in [-0.4, -0.2) is 4.98 Å². The first-order valence-corrected chi connectivity index (χ1v) is 3.87. The number of rotatable bonds is 1. The number of hydrogen-bond acceptors (Lipinski definition) is 2. The third-order valence-corrected chi connectivity index (χ3v) is 1.80. The highest BCUT2D eigenvalue weighted by molar-refractivity contribution is 5.58. The number of nitrogens with zero attached hydrogens (tertiary/aromatic N) is 1. The van der Waals surface area contributed by atoms with E-state index in [1.807, 2.05) is 6.92 Å². The summed E-state index contributed by atoms with van der Waals surface area (Å²) >= 11 is 0. The predicted octanol–water partition coefficient (Wildman–Crippen LogP) is 2.59. The second kappa shape index (κ2) is 3.01. The third kappa shape index (κ3) is 1.45.